The van der Waals surface area contributed by atoms with Gasteiger partial charge in [-0.15, -0.1) is 0 Å². The maximum absolute atomic E-state index is 9.58. The predicted octanol–water partition coefficient (Wildman–Crippen LogP) is 4.47. The predicted molar refractivity (Wildman–Crippen MR) is 70.1 cm³/mol. The Morgan fingerprint density at radius 3 is 2.59 bits per heavy atom. The van der Waals surface area contributed by atoms with Crippen LogP contribution in [0.3, 0.4) is 0 Å². The van der Waals surface area contributed by atoms with Gasteiger partial charge in [0.15, 0.2) is 0 Å². The highest BCUT2D eigenvalue weighted by Crippen LogP contribution is 2.46. The quantitative estimate of drug-likeness (QED) is 0.755. The van der Waals surface area contributed by atoms with Crippen LogP contribution in [0.15, 0.2) is 24.3 Å². The van der Waals surface area contributed by atoms with Gasteiger partial charge in [-0.25, -0.2) is 0 Å². The van der Waals surface area contributed by atoms with Gasteiger partial charge in [0, 0.05) is 0 Å². The molecular formula is C16H22O. The van der Waals surface area contributed by atoms with Crippen LogP contribution in [0, 0.1) is 11.8 Å². The minimum absolute atomic E-state index is 0.424. The zero-order chi connectivity index (χ0) is 11.7. The van der Waals surface area contributed by atoms with E-state index >= 15 is 0 Å². The van der Waals surface area contributed by atoms with Gasteiger partial charge in [0.25, 0.3) is 0 Å². The van der Waals surface area contributed by atoms with E-state index in [0.717, 1.165) is 11.8 Å². The first-order valence-corrected chi connectivity index (χ1v) is 7.12. The van der Waals surface area contributed by atoms with Crippen molar-refractivity contribution in [2.75, 3.05) is 0 Å². The topological polar surface area (TPSA) is 20.2 Å². The van der Waals surface area contributed by atoms with E-state index in [1.807, 2.05) is 12.1 Å². The summed E-state index contributed by atoms with van der Waals surface area (Å²) in [5.41, 5.74) is 1.36. The first-order valence-electron chi connectivity index (χ1n) is 7.12. The standard InChI is InChI=1S/C16H22O/c17-16-7-3-6-14(11-16)15-9-8-12-4-1-2-5-13(12)10-15/h3,6-7,11-13,15,17H,1-2,4-5,8-10H2. The van der Waals surface area contributed by atoms with E-state index in [2.05, 4.69) is 6.07 Å². The van der Waals surface area contributed by atoms with Crippen molar-refractivity contribution in [1.82, 2.24) is 0 Å². The second-order valence-electron chi connectivity index (χ2n) is 5.91. The second kappa shape index (κ2) is 4.72. The molecule has 3 unspecified atom stereocenters. The first kappa shape index (κ1) is 11.1. The first-order chi connectivity index (χ1) is 8.33. The number of benzene rings is 1. The minimum Gasteiger partial charge on any atom is -0.508 e. The Morgan fingerprint density at radius 1 is 0.941 bits per heavy atom. The van der Waals surface area contributed by atoms with Crippen LogP contribution >= 0.6 is 0 Å². The van der Waals surface area contributed by atoms with Gasteiger partial charge >= 0.3 is 0 Å². The van der Waals surface area contributed by atoms with Crippen LogP contribution in [0.5, 0.6) is 5.75 Å². The molecule has 0 heterocycles. The van der Waals surface area contributed by atoms with Gasteiger partial charge in [-0.05, 0) is 54.7 Å². The summed E-state index contributed by atoms with van der Waals surface area (Å²) in [7, 11) is 0. The molecule has 3 atom stereocenters. The normalized spacial score (nSPS) is 33.1. The molecule has 2 saturated carbocycles. The van der Waals surface area contributed by atoms with Gasteiger partial charge in [0.1, 0.15) is 5.75 Å². The summed E-state index contributed by atoms with van der Waals surface area (Å²) in [6, 6.07) is 7.91. The Labute approximate surface area is 104 Å². The molecule has 0 radical (unpaired) electrons. The van der Waals surface area contributed by atoms with E-state index in [1.165, 1.54) is 50.5 Å². The molecule has 3 rings (SSSR count). The molecule has 0 aliphatic heterocycles. The third-order valence-electron chi connectivity index (χ3n) is 4.88. The van der Waals surface area contributed by atoms with E-state index in [0.29, 0.717) is 11.7 Å². The number of phenolic OH excluding ortho intramolecular Hbond substituents is 1. The molecule has 0 saturated heterocycles. The fourth-order valence-corrected chi connectivity index (χ4v) is 3.95. The fourth-order valence-electron chi connectivity index (χ4n) is 3.95. The lowest BCUT2D eigenvalue weighted by molar-refractivity contribution is 0.155. The molecule has 2 aliphatic rings. The molecule has 1 aromatic carbocycles. The number of rotatable bonds is 1. The summed E-state index contributed by atoms with van der Waals surface area (Å²) in [4.78, 5) is 0. The fraction of sp³-hybridized carbons (Fsp3) is 0.625. The number of aromatic hydroxyl groups is 1. The van der Waals surface area contributed by atoms with Crippen LogP contribution in [0.1, 0.15) is 56.4 Å². The monoisotopic (exact) mass is 230 g/mol. The third kappa shape index (κ3) is 2.34. The van der Waals surface area contributed by atoms with E-state index in [4.69, 9.17) is 0 Å². The molecular weight excluding hydrogens is 208 g/mol. The number of phenols is 1. The van der Waals surface area contributed by atoms with Crippen molar-refractivity contribution >= 4 is 0 Å². The van der Waals surface area contributed by atoms with Crippen molar-refractivity contribution in [2.24, 2.45) is 11.8 Å². The molecule has 0 bridgehead atoms. The van der Waals surface area contributed by atoms with Crippen LogP contribution < -0.4 is 0 Å². The van der Waals surface area contributed by atoms with Crippen molar-refractivity contribution in [3.8, 4) is 5.75 Å². The van der Waals surface area contributed by atoms with Gasteiger partial charge in [-0.1, -0.05) is 37.8 Å². The molecule has 2 fully saturated rings. The number of hydrogen-bond donors (Lipinski definition) is 1. The minimum atomic E-state index is 0.424. The Morgan fingerprint density at radius 2 is 1.76 bits per heavy atom. The molecule has 17 heavy (non-hydrogen) atoms. The lowest BCUT2D eigenvalue weighted by atomic mass is 9.66. The van der Waals surface area contributed by atoms with Crippen molar-refractivity contribution in [3.63, 3.8) is 0 Å². The largest absolute Gasteiger partial charge is 0.508 e. The molecule has 0 amide bonds. The molecule has 0 spiro atoms. The van der Waals surface area contributed by atoms with E-state index in [9.17, 15) is 5.11 Å². The summed E-state index contributed by atoms with van der Waals surface area (Å²) in [5, 5.41) is 9.58. The molecule has 1 heteroatoms. The summed E-state index contributed by atoms with van der Waals surface area (Å²) in [6.45, 7) is 0. The molecule has 92 valence electrons. The van der Waals surface area contributed by atoms with Crippen LogP contribution in [-0.4, -0.2) is 5.11 Å². The Balaban J connectivity index is 1.73. The maximum atomic E-state index is 9.58. The zero-order valence-corrected chi connectivity index (χ0v) is 10.4. The average molecular weight is 230 g/mol. The van der Waals surface area contributed by atoms with Crippen LogP contribution in [0.25, 0.3) is 0 Å². The van der Waals surface area contributed by atoms with Crippen LogP contribution in [-0.2, 0) is 0 Å². The van der Waals surface area contributed by atoms with Crippen molar-refractivity contribution in [1.29, 1.82) is 0 Å². The SMILES string of the molecule is Oc1cccc(C2CCC3CCCCC3C2)c1. The maximum Gasteiger partial charge on any atom is 0.115 e. The summed E-state index contributed by atoms with van der Waals surface area (Å²) >= 11 is 0. The van der Waals surface area contributed by atoms with Gasteiger partial charge in [-0.3, -0.25) is 0 Å². The van der Waals surface area contributed by atoms with Crippen LogP contribution in [0.2, 0.25) is 0 Å². The summed E-state index contributed by atoms with van der Waals surface area (Å²) in [5.74, 6) is 3.09. The Kier molecular flexibility index (Phi) is 3.09. The zero-order valence-electron chi connectivity index (χ0n) is 10.4. The summed E-state index contributed by atoms with van der Waals surface area (Å²) in [6.07, 6.45) is 9.90. The van der Waals surface area contributed by atoms with Gasteiger partial charge in [0.2, 0.25) is 0 Å². The van der Waals surface area contributed by atoms with Crippen molar-refractivity contribution in [3.05, 3.63) is 29.8 Å². The van der Waals surface area contributed by atoms with Gasteiger partial charge in [-0.2, -0.15) is 0 Å². The molecule has 1 N–H and O–H groups in total. The molecule has 0 aromatic heterocycles. The Hall–Kier alpha value is -0.980. The van der Waals surface area contributed by atoms with Gasteiger partial charge < -0.3 is 5.11 Å². The van der Waals surface area contributed by atoms with E-state index in [1.54, 1.807) is 6.07 Å². The highest BCUT2D eigenvalue weighted by atomic mass is 16.3. The summed E-state index contributed by atoms with van der Waals surface area (Å²) < 4.78 is 0. The van der Waals surface area contributed by atoms with Crippen molar-refractivity contribution < 1.29 is 5.11 Å². The molecule has 1 nitrogen and oxygen atoms in total. The number of fused-ring (bicyclic) bond motifs is 1. The van der Waals surface area contributed by atoms with E-state index < -0.39 is 0 Å². The van der Waals surface area contributed by atoms with Crippen molar-refractivity contribution in [2.45, 2.75) is 50.9 Å². The second-order valence-corrected chi connectivity index (χ2v) is 5.91. The lowest BCUT2D eigenvalue weighted by Gasteiger charge is -2.39. The smallest absolute Gasteiger partial charge is 0.115 e. The molecule has 1 aromatic rings. The highest BCUT2D eigenvalue weighted by Gasteiger charge is 2.32. The van der Waals surface area contributed by atoms with Crippen LogP contribution in [0.4, 0.5) is 0 Å². The van der Waals surface area contributed by atoms with Gasteiger partial charge in [0.05, 0.1) is 0 Å². The third-order valence-corrected chi connectivity index (χ3v) is 4.88. The Bertz CT molecular complexity index is 385. The average Bonchev–Trinajstić information content (AvgIpc) is 2.38. The lowest BCUT2D eigenvalue weighted by Crippen LogP contribution is -2.26. The highest BCUT2D eigenvalue weighted by molar-refractivity contribution is 5.30. The van der Waals surface area contributed by atoms with E-state index in [-0.39, 0.29) is 0 Å². The molecule has 2 aliphatic carbocycles. The number of hydrogen-bond acceptors (Lipinski definition) is 1.